The average Bonchev–Trinajstić information content (AvgIpc) is 2.26. The smallest absolute Gasteiger partial charge is 0.245 e. The number of carbonyl (C=O) groups is 1. The van der Waals surface area contributed by atoms with Crippen molar-refractivity contribution in [2.45, 2.75) is 13.5 Å². The number of rotatable bonds is 7. The molecule has 0 aliphatic heterocycles. The number of ether oxygens (including phenoxy) is 1. The highest BCUT2D eigenvalue weighted by Gasteiger charge is 2.02. The molecule has 0 fully saturated rings. The van der Waals surface area contributed by atoms with E-state index in [1.165, 1.54) is 0 Å². The summed E-state index contributed by atoms with van der Waals surface area (Å²) in [4.78, 5) is 15.3. The highest BCUT2D eigenvalue weighted by Crippen LogP contribution is 2.17. The van der Waals surface area contributed by atoms with E-state index in [1.807, 2.05) is 31.2 Å². The Morgan fingerprint density at radius 3 is 2.88 bits per heavy atom. The fourth-order valence-corrected chi connectivity index (χ4v) is 1.20. The van der Waals surface area contributed by atoms with Gasteiger partial charge >= 0.3 is 0 Å². The molecule has 5 heteroatoms. The predicted molar refractivity (Wildman–Crippen MR) is 59.6 cm³/mol. The molecule has 0 unspecified atom stereocenters. The van der Waals surface area contributed by atoms with E-state index < -0.39 is 5.91 Å². The van der Waals surface area contributed by atoms with Gasteiger partial charge in [-0.05, 0) is 13.0 Å². The van der Waals surface area contributed by atoms with Gasteiger partial charge in [-0.15, -0.1) is 0 Å². The summed E-state index contributed by atoms with van der Waals surface area (Å²) in [5.41, 5.74) is 8.54. The van der Waals surface area contributed by atoms with Gasteiger partial charge in [0, 0.05) is 12.1 Å². The van der Waals surface area contributed by atoms with Gasteiger partial charge < -0.3 is 10.5 Å². The summed E-state index contributed by atoms with van der Waals surface area (Å²) < 4.78 is 5.43. The molecule has 0 atom stereocenters. The number of hydrogen-bond donors (Lipinski definition) is 2. The van der Waals surface area contributed by atoms with Crippen molar-refractivity contribution >= 4 is 5.91 Å². The number of para-hydroxylation sites is 1. The molecular weight excluding hydrogens is 208 g/mol. The van der Waals surface area contributed by atoms with Crippen molar-refractivity contribution in [2.75, 3.05) is 13.2 Å². The molecule has 1 rings (SSSR count). The van der Waals surface area contributed by atoms with Gasteiger partial charge in [-0.25, -0.2) is 0 Å². The number of amides is 1. The van der Waals surface area contributed by atoms with E-state index in [-0.39, 0.29) is 6.61 Å². The van der Waals surface area contributed by atoms with Crippen LogP contribution in [0.3, 0.4) is 0 Å². The third-order valence-corrected chi connectivity index (χ3v) is 1.85. The molecule has 0 saturated heterocycles. The molecule has 0 aliphatic rings. The summed E-state index contributed by atoms with van der Waals surface area (Å²) in [6.45, 7) is 2.85. The zero-order chi connectivity index (χ0) is 11.8. The van der Waals surface area contributed by atoms with Crippen molar-refractivity contribution in [3.8, 4) is 5.75 Å². The first-order chi connectivity index (χ1) is 7.74. The Hall–Kier alpha value is -1.59. The van der Waals surface area contributed by atoms with Gasteiger partial charge in [0.05, 0.1) is 6.61 Å². The second kappa shape index (κ2) is 6.81. The normalized spacial score (nSPS) is 10.1. The standard InChI is InChI=1S/C11H16N2O3/c1-2-15-10-6-4-3-5-9(10)7-13-16-8-11(12)14/h3-6,13H,2,7-8H2,1H3,(H2,12,14). The van der Waals surface area contributed by atoms with Crippen LogP contribution < -0.4 is 16.0 Å². The number of carbonyl (C=O) groups excluding carboxylic acids is 1. The van der Waals surface area contributed by atoms with Crippen molar-refractivity contribution in [3.63, 3.8) is 0 Å². The van der Waals surface area contributed by atoms with Crippen LogP contribution in [-0.4, -0.2) is 19.1 Å². The molecule has 88 valence electrons. The molecule has 0 aromatic heterocycles. The van der Waals surface area contributed by atoms with Crippen molar-refractivity contribution in [1.82, 2.24) is 5.48 Å². The molecule has 0 aliphatic carbocycles. The van der Waals surface area contributed by atoms with Crippen molar-refractivity contribution in [3.05, 3.63) is 29.8 Å². The molecule has 5 nitrogen and oxygen atoms in total. The van der Waals surface area contributed by atoms with Gasteiger partial charge in [-0.1, -0.05) is 18.2 Å². The molecule has 1 amide bonds. The number of hydrogen-bond acceptors (Lipinski definition) is 4. The lowest BCUT2D eigenvalue weighted by Gasteiger charge is -2.10. The maximum absolute atomic E-state index is 10.4. The van der Waals surface area contributed by atoms with E-state index in [4.69, 9.17) is 15.3 Å². The second-order valence-corrected chi connectivity index (χ2v) is 3.12. The largest absolute Gasteiger partial charge is 0.494 e. The summed E-state index contributed by atoms with van der Waals surface area (Å²) in [5.74, 6) is 0.297. The molecule has 1 aromatic rings. The van der Waals surface area contributed by atoms with E-state index in [1.54, 1.807) is 0 Å². The van der Waals surface area contributed by atoms with Crippen LogP contribution in [0, 0.1) is 0 Å². The zero-order valence-corrected chi connectivity index (χ0v) is 9.23. The minimum Gasteiger partial charge on any atom is -0.494 e. The van der Waals surface area contributed by atoms with Gasteiger partial charge in [0.15, 0.2) is 0 Å². The number of benzene rings is 1. The fraction of sp³-hybridized carbons (Fsp3) is 0.364. The van der Waals surface area contributed by atoms with Crippen LogP contribution in [0.4, 0.5) is 0 Å². The van der Waals surface area contributed by atoms with E-state index in [0.29, 0.717) is 13.2 Å². The minimum absolute atomic E-state index is 0.142. The number of nitrogens with two attached hydrogens (primary N) is 1. The lowest BCUT2D eigenvalue weighted by Crippen LogP contribution is -2.24. The van der Waals surface area contributed by atoms with Gasteiger partial charge in [0.25, 0.3) is 0 Å². The number of primary amides is 1. The SMILES string of the molecule is CCOc1ccccc1CNOCC(N)=O. The molecule has 0 radical (unpaired) electrons. The second-order valence-electron chi connectivity index (χ2n) is 3.12. The topological polar surface area (TPSA) is 73.6 Å². The summed E-state index contributed by atoms with van der Waals surface area (Å²) in [6, 6.07) is 7.62. The van der Waals surface area contributed by atoms with Crippen LogP contribution in [0.2, 0.25) is 0 Å². The summed E-state index contributed by atoms with van der Waals surface area (Å²) >= 11 is 0. The van der Waals surface area contributed by atoms with Crippen molar-refractivity contribution in [1.29, 1.82) is 0 Å². The fourth-order valence-electron chi connectivity index (χ4n) is 1.20. The third kappa shape index (κ3) is 4.29. The van der Waals surface area contributed by atoms with Crippen LogP contribution in [0.1, 0.15) is 12.5 Å². The number of hydroxylamine groups is 1. The highest BCUT2D eigenvalue weighted by molar-refractivity contribution is 5.74. The van der Waals surface area contributed by atoms with Gasteiger partial charge in [-0.2, -0.15) is 5.48 Å². The molecule has 3 N–H and O–H groups in total. The van der Waals surface area contributed by atoms with Crippen LogP contribution in [0.15, 0.2) is 24.3 Å². The Labute approximate surface area is 94.5 Å². The lowest BCUT2D eigenvalue weighted by molar-refractivity contribution is -0.125. The first-order valence-electron chi connectivity index (χ1n) is 5.07. The highest BCUT2D eigenvalue weighted by atomic mass is 16.6. The maximum Gasteiger partial charge on any atom is 0.245 e. The number of nitrogens with one attached hydrogen (secondary N) is 1. The molecule has 0 saturated carbocycles. The minimum atomic E-state index is -0.509. The lowest BCUT2D eigenvalue weighted by atomic mass is 10.2. The monoisotopic (exact) mass is 224 g/mol. The van der Waals surface area contributed by atoms with Crippen LogP contribution in [-0.2, 0) is 16.2 Å². The van der Waals surface area contributed by atoms with Crippen molar-refractivity contribution < 1.29 is 14.4 Å². The molecule has 0 spiro atoms. The van der Waals surface area contributed by atoms with Gasteiger partial charge in [0.2, 0.25) is 5.91 Å². The first-order valence-corrected chi connectivity index (χ1v) is 5.07. The zero-order valence-electron chi connectivity index (χ0n) is 9.23. The Balaban J connectivity index is 2.43. The van der Waals surface area contributed by atoms with Crippen LogP contribution in [0.5, 0.6) is 5.75 Å². The van der Waals surface area contributed by atoms with E-state index in [9.17, 15) is 4.79 Å². The van der Waals surface area contributed by atoms with E-state index in [0.717, 1.165) is 11.3 Å². The van der Waals surface area contributed by atoms with Gasteiger partial charge in [-0.3, -0.25) is 9.63 Å². The Bertz CT molecular complexity index is 342. The Kier molecular flexibility index (Phi) is 5.31. The van der Waals surface area contributed by atoms with E-state index in [2.05, 4.69) is 5.48 Å². The molecule has 1 aromatic carbocycles. The van der Waals surface area contributed by atoms with Crippen LogP contribution >= 0.6 is 0 Å². The maximum atomic E-state index is 10.4. The van der Waals surface area contributed by atoms with Crippen LogP contribution in [0.25, 0.3) is 0 Å². The summed E-state index contributed by atoms with van der Waals surface area (Å²) in [6.07, 6.45) is 0. The Morgan fingerprint density at radius 2 is 2.19 bits per heavy atom. The predicted octanol–water partition coefficient (Wildman–Crippen LogP) is 0.592. The molecular formula is C11H16N2O3. The third-order valence-electron chi connectivity index (χ3n) is 1.85. The van der Waals surface area contributed by atoms with Crippen molar-refractivity contribution in [2.24, 2.45) is 5.73 Å². The quantitative estimate of drug-likeness (QED) is 0.525. The Morgan fingerprint density at radius 1 is 1.44 bits per heavy atom. The summed E-state index contributed by atoms with van der Waals surface area (Å²) in [5, 5.41) is 0. The average molecular weight is 224 g/mol. The van der Waals surface area contributed by atoms with Gasteiger partial charge in [0.1, 0.15) is 12.4 Å². The first kappa shape index (κ1) is 12.5. The molecule has 0 heterocycles. The summed E-state index contributed by atoms with van der Waals surface area (Å²) in [7, 11) is 0. The molecule has 0 bridgehead atoms. The van der Waals surface area contributed by atoms with E-state index >= 15 is 0 Å². The molecule has 16 heavy (non-hydrogen) atoms.